The predicted molar refractivity (Wildman–Crippen MR) is 141 cm³/mol. The molecule has 0 spiro atoms. The molecule has 9 heteroatoms. The van der Waals surface area contributed by atoms with Crippen LogP contribution in [0, 0.1) is 5.82 Å². The van der Waals surface area contributed by atoms with Crippen LogP contribution in [0.5, 0.6) is 0 Å². The number of aliphatic hydroxyl groups excluding tert-OH is 1. The van der Waals surface area contributed by atoms with Crippen molar-refractivity contribution in [3.8, 4) is 11.3 Å². The Morgan fingerprint density at radius 3 is 2.61 bits per heavy atom. The second-order valence-electron chi connectivity index (χ2n) is 9.90. The van der Waals surface area contributed by atoms with Gasteiger partial charge in [-0.1, -0.05) is 35.5 Å². The number of anilines is 1. The van der Waals surface area contributed by atoms with E-state index >= 15 is 0 Å². The van der Waals surface area contributed by atoms with Crippen molar-refractivity contribution in [2.75, 3.05) is 57.5 Å². The highest BCUT2D eigenvalue weighted by Gasteiger charge is 2.28. The largest absolute Gasteiger partial charge is 0.389 e. The van der Waals surface area contributed by atoms with Gasteiger partial charge < -0.3 is 28.7 Å². The third kappa shape index (κ3) is 7.18. The van der Waals surface area contributed by atoms with Crippen molar-refractivity contribution in [2.24, 2.45) is 0 Å². The van der Waals surface area contributed by atoms with Crippen LogP contribution in [0.2, 0.25) is 0 Å². The van der Waals surface area contributed by atoms with Crippen molar-refractivity contribution in [1.29, 1.82) is 0 Å². The Hall–Kier alpha value is -2.82. The van der Waals surface area contributed by atoms with Gasteiger partial charge >= 0.3 is 0 Å². The van der Waals surface area contributed by atoms with E-state index in [1.165, 1.54) is 12.1 Å². The summed E-state index contributed by atoms with van der Waals surface area (Å²) in [5.41, 5.74) is 3.44. The van der Waals surface area contributed by atoms with Gasteiger partial charge in [-0.05, 0) is 42.7 Å². The van der Waals surface area contributed by atoms with E-state index in [1.54, 1.807) is 12.1 Å². The van der Waals surface area contributed by atoms with Crippen LogP contribution in [0.25, 0.3) is 11.3 Å². The molecule has 2 aromatic carbocycles. The number of ether oxygens (including phenoxy) is 3. The van der Waals surface area contributed by atoms with Gasteiger partial charge in [-0.15, -0.1) is 0 Å². The molecule has 1 N–H and O–H groups in total. The van der Waals surface area contributed by atoms with E-state index in [0.717, 1.165) is 36.1 Å². The Morgan fingerprint density at radius 2 is 1.87 bits per heavy atom. The molecule has 0 unspecified atom stereocenters. The molecular weight excluding hydrogens is 489 g/mol. The summed E-state index contributed by atoms with van der Waals surface area (Å²) in [6.45, 7) is 5.64. The maximum atomic E-state index is 13.7. The summed E-state index contributed by atoms with van der Waals surface area (Å²) in [5, 5.41) is 15.3. The standard InChI is InChI=1S/C29H36FN3O5/c30-24-10-8-23(9-11-24)28-27(29(38-31-28)33-12-15-35-16-13-33)19-32(18-26-7-4-14-37-26)17-25(34)21-36-20-22-5-2-1-3-6-22/h1-3,5-6,8-11,25-26,34H,4,7,12-21H2/t25-,26+/m0/s1. The summed E-state index contributed by atoms with van der Waals surface area (Å²) >= 11 is 0. The van der Waals surface area contributed by atoms with Crippen LogP contribution in [0.3, 0.4) is 0 Å². The Bertz CT molecular complexity index is 1120. The molecule has 2 fully saturated rings. The predicted octanol–water partition coefficient (Wildman–Crippen LogP) is 3.88. The van der Waals surface area contributed by atoms with Crippen LogP contribution in [-0.2, 0) is 27.4 Å². The number of aromatic nitrogens is 1. The minimum absolute atomic E-state index is 0.105. The average molecular weight is 526 g/mol. The van der Waals surface area contributed by atoms with E-state index in [2.05, 4.69) is 15.0 Å². The summed E-state index contributed by atoms with van der Waals surface area (Å²) in [6, 6.07) is 16.2. The smallest absolute Gasteiger partial charge is 0.232 e. The number of hydrogen-bond acceptors (Lipinski definition) is 8. The van der Waals surface area contributed by atoms with Crippen LogP contribution in [0.4, 0.5) is 10.3 Å². The SMILES string of the molecule is O[C@H](COCc1ccccc1)CN(Cc1c(-c2ccc(F)cc2)noc1N1CCOCC1)C[C@H]1CCCO1. The zero-order chi connectivity index (χ0) is 26.2. The molecule has 0 bridgehead atoms. The molecule has 5 rings (SSSR count). The molecule has 0 saturated carbocycles. The zero-order valence-corrected chi connectivity index (χ0v) is 21.6. The lowest BCUT2D eigenvalue weighted by molar-refractivity contribution is -0.00286. The molecule has 3 aromatic rings. The van der Waals surface area contributed by atoms with E-state index < -0.39 is 6.10 Å². The van der Waals surface area contributed by atoms with E-state index in [0.29, 0.717) is 64.1 Å². The Morgan fingerprint density at radius 1 is 1.08 bits per heavy atom. The van der Waals surface area contributed by atoms with E-state index in [-0.39, 0.29) is 18.5 Å². The Labute approximate surface area is 222 Å². The Balaban J connectivity index is 1.34. The average Bonchev–Trinajstić information content (AvgIpc) is 3.60. The van der Waals surface area contributed by atoms with Gasteiger partial charge in [-0.2, -0.15) is 0 Å². The van der Waals surface area contributed by atoms with E-state index in [9.17, 15) is 9.50 Å². The molecule has 38 heavy (non-hydrogen) atoms. The fraction of sp³-hybridized carbons (Fsp3) is 0.483. The maximum absolute atomic E-state index is 13.7. The number of morpholine rings is 1. The molecule has 2 aliphatic heterocycles. The van der Waals surface area contributed by atoms with Gasteiger partial charge in [0.05, 0.1) is 44.2 Å². The normalized spacial score (nSPS) is 18.8. The molecule has 3 heterocycles. The van der Waals surface area contributed by atoms with Crippen molar-refractivity contribution in [3.63, 3.8) is 0 Å². The highest BCUT2D eigenvalue weighted by Crippen LogP contribution is 2.33. The molecular formula is C29H36FN3O5. The minimum Gasteiger partial charge on any atom is -0.389 e. The quantitative estimate of drug-likeness (QED) is 0.382. The minimum atomic E-state index is -0.680. The van der Waals surface area contributed by atoms with Crippen LogP contribution >= 0.6 is 0 Å². The summed E-state index contributed by atoms with van der Waals surface area (Å²) in [4.78, 5) is 4.33. The number of hydrogen-bond donors (Lipinski definition) is 1. The lowest BCUT2D eigenvalue weighted by atomic mass is 10.1. The second-order valence-corrected chi connectivity index (χ2v) is 9.90. The topological polar surface area (TPSA) is 80.4 Å². The lowest BCUT2D eigenvalue weighted by Gasteiger charge is -2.30. The first-order chi connectivity index (χ1) is 18.7. The second kappa shape index (κ2) is 13.3. The van der Waals surface area contributed by atoms with E-state index in [4.69, 9.17) is 18.7 Å². The van der Waals surface area contributed by atoms with Gasteiger partial charge in [0.1, 0.15) is 11.5 Å². The summed E-state index contributed by atoms with van der Waals surface area (Å²) in [7, 11) is 0. The highest BCUT2D eigenvalue weighted by atomic mass is 19.1. The number of rotatable bonds is 12. The van der Waals surface area contributed by atoms with Gasteiger partial charge in [0.2, 0.25) is 5.88 Å². The highest BCUT2D eigenvalue weighted by molar-refractivity contribution is 5.68. The van der Waals surface area contributed by atoms with Gasteiger partial charge in [0.25, 0.3) is 0 Å². The van der Waals surface area contributed by atoms with Gasteiger partial charge in [0, 0.05) is 44.9 Å². The van der Waals surface area contributed by atoms with Crippen molar-refractivity contribution in [1.82, 2.24) is 10.1 Å². The lowest BCUT2D eigenvalue weighted by Crippen LogP contribution is -2.40. The molecule has 2 aliphatic rings. The zero-order valence-electron chi connectivity index (χ0n) is 21.6. The molecule has 1 aromatic heterocycles. The van der Waals surface area contributed by atoms with Crippen LogP contribution in [0.1, 0.15) is 24.0 Å². The molecule has 2 saturated heterocycles. The number of benzene rings is 2. The van der Waals surface area contributed by atoms with Crippen LogP contribution < -0.4 is 4.90 Å². The fourth-order valence-electron chi connectivity index (χ4n) is 5.03. The molecule has 204 valence electrons. The van der Waals surface area contributed by atoms with Gasteiger partial charge in [-0.3, -0.25) is 4.90 Å². The van der Waals surface area contributed by atoms with Crippen LogP contribution in [0.15, 0.2) is 59.1 Å². The monoisotopic (exact) mass is 525 g/mol. The van der Waals surface area contributed by atoms with Crippen molar-refractivity contribution < 1.29 is 28.2 Å². The third-order valence-corrected chi connectivity index (χ3v) is 6.94. The van der Waals surface area contributed by atoms with Crippen molar-refractivity contribution in [2.45, 2.75) is 38.2 Å². The first-order valence-corrected chi connectivity index (χ1v) is 13.4. The van der Waals surface area contributed by atoms with Gasteiger partial charge in [-0.25, -0.2) is 4.39 Å². The molecule has 8 nitrogen and oxygen atoms in total. The Kier molecular flexibility index (Phi) is 9.37. The number of aliphatic hydroxyl groups is 1. The molecule has 0 amide bonds. The van der Waals surface area contributed by atoms with Gasteiger partial charge in [0.15, 0.2) is 0 Å². The molecule has 0 radical (unpaired) electrons. The summed E-state index contributed by atoms with van der Waals surface area (Å²) < 4.78 is 36.8. The van der Waals surface area contributed by atoms with E-state index in [1.807, 2.05) is 30.3 Å². The number of halogens is 1. The third-order valence-electron chi connectivity index (χ3n) is 6.94. The number of nitrogens with zero attached hydrogens (tertiary/aromatic N) is 3. The summed E-state index contributed by atoms with van der Waals surface area (Å²) in [5.74, 6) is 0.394. The van der Waals surface area contributed by atoms with Crippen molar-refractivity contribution in [3.05, 3.63) is 71.5 Å². The van der Waals surface area contributed by atoms with Crippen molar-refractivity contribution >= 4 is 5.88 Å². The molecule has 0 aliphatic carbocycles. The fourth-order valence-corrected chi connectivity index (χ4v) is 5.03. The molecule has 2 atom stereocenters. The summed E-state index contributed by atoms with van der Waals surface area (Å²) in [6.07, 6.45) is 1.45. The maximum Gasteiger partial charge on any atom is 0.232 e. The first kappa shape index (κ1) is 26.8. The first-order valence-electron chi connectivity index (χ1n) is 13.4. The van der Waals surface area contributed by atoms with Crippen LogP contribution in [-0.4, -0.2) is 80.0 Å².